The lowest BCUT2D eigenvalue weighted by Crippen LogP contribution is -2.54. The minimum Gasteiger partial charge on any atom is -0.393 e. The molecule has 4 rings (SSSR count). The van der Waals surface area contributed by atoms with Crippen LogP contribution >= 0.6 is 0 Å². The number of nitrogens with zero attached hydrogens (tertiary/aromatic N) is 1. The van der Waals surface area contributed by atoms with Crippen LogP contribution in [-0.4, -0.2) is 43.3 Å². The van der Waals surface area contributed by atoms with E-state index in [0.717, 1.165) is 49.9 Å². The third-order valence-corrected chi connectivity index (χ3v) is 8.71. The monoisotopic (exact) mass is 455 g/mol. The first-order chi connectivity index (χ1) is 15.2. The van der Waals surface area contributed by atoms with E-state index in [9.17, 15) is 9.90 Å². The fourth-order valence-corrected chi connectivity index (χ4v) is 7.01. The average Bonchev–Trinajstić information content (AvgIpc) is 3.13. The first kappa shape index (κ1) is 31.6. The molecule has 1 N–H and O–H groups in total. The summed E-state index contributed by atoms with van der Waals surface area (Å²) in [4.78, 5) is 17.0. The Labute approximate surface area is 200 Å². The first-order valence-electron chi connectivity index (χ1n) is 13.6. The maximum Gasteiger partial charge on any atom is 0.139 e. The smallest absolute Gasteiger partial charge is 0.139 e. The van der Waals surface area contributed by atoms with Crippen LogP contribution in [0.15, 0.2) is 0 Å². The molecule has 7 atom stereocenters. The van der Waals surface area contributed by atoms with Crippen molar-refractivity contribution in [3.63, 3.8) is 0 Å². The molecule has 7 unspecified atom stereocenters. The molecule has 0 heterocycles. The molecule has 4 aliphatic carbocycles. The van der Waals surface area contributed by atoms with Crippen LogP contribution in [0.25, 0.3) is 0 Å². The molecule has 32 heavy (non-hydrogen) atoms. The highest BCUT2D eigenvalue weighted by Crippen LogP contribution is 2.65. The molecule has 0 aromatic heterocycles. The van der Waals surface area contributed by atoms with Gasteiger partial charge in [0.25, 0.3) is 0 Å². The topological polar surface area (TPSA) is 49.8 Å². The van der Waals surface area contributed by atoms with Gasteiger partial charge in [0.2, 0.25) is 0 Å². The average molecular weight is 456 g/mol. The van der Waals surface area contributed by atoms with Crippen molar-refractivity contribution in [3.05, 3.63) is 0 Å². The van der Waals surface area contributed by atoms with Gasteiger partial charge in [0, 0.05) is 25.9 Å². The van der Waals surface area contributed by atoms with Crippen molar-refractivity contribution >= 4 is 5.78 Å². The van der Waals surface area contributed by atoms with Crippen molar-refractivity contribution in [1.82, 2.24) is 5.06 Å². The molecule has 4 fully saturated rings. The van der Waals surface area contributed by atoms with Crippen molar-refractivity contribution in [2.75, 3.05) is 21.2 Å². The Morgan fingerprint density at radius 3 is 1.97 bits per heavy atom. The number of carbonyl (C=O) groups excluding carboxylic acids is 1. The third-order valence-electron chi connectivity index (χ3n) is 8.71. The Bertz CT molecular complexity index is 523. The Balaban J connectivity index is 0.000000753. The molecular weight excluding hydrogens is 398 g/mol. The summed E-state index contributed by atoms with van der Waals surface area (Å²) in [5, 5.41) is 11.7. The molecule has 0 radical (unpaired) electrons. The van der Waals surface area contributed by atoms with Gasteiger partial charge in [-0.05, 0) is 80.5 Å². The van der Waals surface area contributed by atoms with Crippen LogP contribution < -0.4 is 0 Å². The number of aliphatic hydroxyl groups excluding tert-OH is 1. The van der Waals surface area contributed by atoms with Gasteiger partial charge in [0.15, 0.2) is 0 Å². The molecule has 4 heteroatoms. The van der Waals surface area contributed by atoms with Crippen molar-refractivity contribution in [2.45, 2.75) is 119 Å². The van der Waals surface area contributed by atoms with Gasteiger partial charge in [-0.25, -0.2) is 0 Å². The van der Waals surface area contributed by atoms with E-state index in [0.29, 0.717) is 17.1 Å². The van der Waals surface area contributed by atoms with Gasteiger partial charge in [-0.1, -0.05) is 55.4 Å². The summed E-state index contributed by atoms with van der Waals surface area (Å²) in [6.07, 6.45) is 10.1. The minimum atomic E-state index is -0.0541. The number of carbonyl (C=O) groups is 1. The van der Waals surface area contributed by atoms with E-state index in [-0.39, 0.29) is 11.5 Å². The third kappa shape index (κ3) is 6.79. The molecule has 0 amide bonds. The Morgan fingerprint density at radius 1 is 0.875 bits per heavy atom. The number of Topliss-reactive ketones (excluding diaryl/α,β-unsaturated/α-hetero) is 1. The molecule has 0 aromatic rings. The first-order valence-corrected chi connectivity index (χ1v) is 13.6. The zero-order valence-electron chi connectivity index (χ0n) is 23.5. The standard InChI is InChI=1S/C19H30O2.C3H9NO.3C2H6/c1-18-9-7-13(20)11-12(18)3-4-14-15-5-6-17(21)19(15,2)10-8-16(14)18;1-4(2)5-3;3*1-2/h12-16,20H,3-11H2,1-2H3;1-3H3;3*1-2H3. The molecule has 4 aliphatic rings. The van der Waals surface area contributed by atoms with Gasteiger partial charge in [-0.15, -0.1) is 0 Å². The number of aliphatic hydroxyl groups is 1. The zero-order valence-corrected chi connectivity index (χ0v) is 23.5. The van der Waals surface area contributed by atoms with Crippen molar-refractivity contribution in [3.8, 4) is 0 Å². The van der Waals surface area contributed by atoms with Crippen LogP contribution in [0.4, 0.5) is 0 Å². The summed E-state index contributed by atoms with van der Waals surface area (Å²) in [6, 6.07) is 0. The van der Waals surface area contributed by atoms with Gasteiger partial charge >= 0.3 is 0 Å². The summed E-state index contributed by atoms with van der Waals surface area (Å²) < 4.78 is 0. The molecule has 0 saturated heterocycles. The fraction of sp³-hybridized carbons (Fsp3) is 0.964. The molecular formula is C28H57NO3. The Kier molecular flexibility index (Phi) is 14.5. The summed E-state index contributed by atoms with van der Waals surface area (Å²) in [5.74, 6) is 3.54. The number of hydrogen-bond acceptors (Lipinski definition) is 4. The second-order valence-corrected chi connectivity index (χ2v) is 10.00. The Hall–Kier alpha value is -0.450. The number of ketones is 1. The van der Waals surface area contributed by atoms with Crippen molar-refractivity contribution in [1.29, 1.82) is 0 Å². The van der Waals surface area contributed by atoms with Gasteiger partial charge in [-0.3, -0.25) is 4.79 Å². The van der Waals surface area contributed by atoms with Crippen LogP contribution in [0.1, 0.15) is 113 Å². The van der Waals surface area contributed by atoms with Crippen LogP contribution in [0.5, 0.6) is 0 Å². The van der Waals surface area contributed by atoms with E-state index < -0.39 is 0 Å². The molecule has 0 aliphatic heterocycles. The van der Waals surface area contributed by atoms with Crippen molar-refractivity contribution < 1.29 is 14.7 Å². The summed E-state index contributed by atoms with van der Waals surface area (Å²) in [7, 11) is 5.29. The quantitative estimate of drug-likeness (QED) is 0.427. The van der Waals surface area contributed by atoms with Gasteiger partial charge in [-0.2, -0.15) is 5.06 Å². The lowest BCUT2D eigenvalue weighted by molar-refractivity contribution is -0.142. The van der Waals surface area contributed by atoms with Crippen LogP contribution in [-0.2, 0) is 9.63 Å². The van der Waals surface area contributed by atoms with Gasteiger partial charge in [0.05, 0.1) is 13.2 Å². The summed E-state index contributed by atoms with van der Waals surface area (Å²) in [6.45, 7) is 16.8. The van der Waals surface area contributed by atoms with Crippen LogP contribution in [0.3, 0.4) is 0 Å². The second-order valence-electron chi connectivity index (χ2n) is 10.00. The summed E-state index contributed by atoms with van der Waals surface area (Å²) in [5.41, 5.74) is 0.452. The normalized spacial score (nSPS) is 39.2. The molecule has 0 spiro atoms. The van der Waals surface area contributed by atoms with Crippen LogP contribution in [0, 0.1) is 34.5 Å². The minimum absolute atomic E-state index is 0.0124. The number of hydrogen-bond donors (Lipinski definition) is 1. The highest BCUT2D eigenvalue weighted by molar-refractivity contribution is 5.87. The predicted octanol–water partition coefficient (Wildman–Crippen LogP) is 7.15. The maximum absolute atomic E-state index is 12.4. The van der Waals surface area contributed by atoms with E-state index in [4.69, 9.17) is 0 Å². The number of fused-ring (bicyclic) bond motifs is 5. The molecule has 0 bridgehead atoms. The number of rotatable bonds is 1. The summed E-state index contributed by atoms with van der Waals surface area (Å²) >= 11 is 0. The van der Waals surface area contributed by atoms with E-state index >= 15 is 0 Å². The number of hydroxylamine groups is 2. The fourth-order valence-electron chi connectivity index (χ4n) is 7.01. The van der Waals surface area contributed by atoms with E-state index in [1.807, 2.05) is 55.6 Å². The highest BCUT2D eigenvalue weighted by Gasteiger charge is 2.60. The lowest BCUT2D eigenvalue weighted by Gasteiger charge is -2.60. The highest BCUT2D eigenvalue weighted by atomic mass is 16.7. The van der Waals surface area contributed by atoms with E-state index in [2.05, 4.69) is 18.7 Å². The van der Waals surface area contributed by atoms with Gasteiger partial charge in [0.1, 0.15) is 5.78 Å². The van der Waals surface area contributed by atoms with Crippen molar-refractivity contribution in [2.24, 2.45) is 34.5 Å². The second kappa shape index (κ2) is 14.7. The predicted molar refractivity (Wildman–Crippen MR) is 137 cm³/mol. The molecule has 4 saturated carbocycles. The molecule has 4 nitrogen and oxygen atoms in total. The maximum atomic E-state index is 12.4. The Morgan fingerprint density at radius 2 is 1.44 bits per heavy atom. The van der Waals surface area contributed by atoms with E-state index in [1.165, 1.54) is 25.7 Å². The largest absolute Gasteiger partial charge is 0.393 e. The lowest BCUT2D eigenvalue weighted by atomic mass is 9.45. The van der Waals surface area contributed by atoms with E-state index in [1.54, 1.807) is 12.2 Å². The molecule has 0 aromatic carbocycles. The molecule has 192 valence electrons. The zero-order chi connectivity index (χ0) is 25.1. The van der Waals surface area contributed by atoms with Gasteiger partial charge < -0.3 is 9.94 Å². The SMILES string of the molecule is CC.CC.CC.CC12CCC3C(CCC4CC(O)CCC43C)C1CCC2=O.CON(C)C. The van der Waals surface area contributed by atoms with Crippen LogP contribution in [0.2, 0.25) is 0 Å².